The van der Waals surface area contributed by atoms with Crippen molar-refractivity contribution in [2.75, 3.05) is 6.54 Å². The van der Waals surface area contributed by atoms with Crippen molar-refractivity contribution in [3.05, 3.63) is 0 Å². The molecule has 2 rings (SSSR count). The van der Waals surface area contributed by atoms with Crippen LogP contribution in [0.1, 0.15) is 51.9 Å². The maximum atomic E-state index is 11.7. The van der Waals surface area contributed by atoms with E-state index in [2.05, 4.69) is 17.6 Å². The van der Waals surface area contributed by atoms with Crippen LogP contribution in [0.5, 0.6) is 0 Å². The molecule has 1 aliphatic carbocycles. The lowest BCUT2D eigenvalue weighted by atomic mass is 9.82. The van der Waals surface area contributed by atoms with E-state index in [-0.39, 0.29) is 5.91 Å². The molecular weight excluding hydrogens is 200 g/mol. The SMILES string of the molecule is CC1CC(NC(=O)CCC2CCC2)CCN1. The third kappa shape index (κ3) is 3.48. The third-order valence-electron chi connectivity index (χ3n) is 3.99. The molecule has 0 spiro atoms. The topological polar surface area (TPSA) is 41.1 Å². The average Bonchev–Trinajstić information content (AvgIpc) is 2.15. The molecule has 1 heterocycles. The molecule has 1 saturated heterocycles. The van der Waals surface area contributed by atoms with Gasteiger partial charge in [0, 0.05) is 18.5 Å². The molecule has 0 aromatic heterocycles. The van der Waals surface area contributed by atoms with Crippen LogP contribution in [0.2, 0.25) is 0 Å². The first-order valence-electron chi connectivity index (χ1n) is 6.77. The Morgan fingerprint density at radius 3 is 2.81 bits per heavy atom. The minimum absolute atomic E-state index is 0.269. The maximum absolute atomic E-state index is 11.7. The van der Waals surface area contributed by atoms with Crippen LogP contribution in [0, 0.1) is 5.92 Å². The van der Waals surface area contributed by atoms with Crippen molar-refractivity contribution >= 4 is 5.91 Å². The number of hydrogen-bond donors (Lipinski definition) is 2. The van der Waals surface area contributed by atoms with Crippen LogP contribution in [0.15, 0.2) is 0 Å². The molecule has 2 unspecified atom stereocenters. The van der Waals surface area contributed by atoms with Crippen LogP contribution in [-0.4, -0.2) is 24.5 Å². The van der Waals surface area contributed by atoms with Gasteiger partial charge >= 0.3 is 0 Å². The van der Waals surface area contributed by atoms with Gasteiger partial charge in [-0.25, -0.2) is 0 Å². The zero-order valence-corrected chi connectivity index (χ0v) is 10.3. The Balaban J connectivity index is 1.61. The van der Waals surface area contributed by atoms with Crippen LogP contribution in [-0.2, 0) is 4.79 Å². The fraction of sp³-hybridized carbons (Fsp3) is 0.923. The standard InChI is InChI=1S/C13H24N2O/c1-10-9-12(7-8-14-10)15-13(16)6-5-11-3-2-4-11/h10-12,14H,2-9H2,1H3,(H,15,16). The molecule has 2 atom stereocenters. The molecule has 1 amide bonds. The Hall–Kier alpha value is -0.570. The summed E-state index contributed by atoms with van der Waals surface area (Å²) < 4.78 is 0. The Morgan fingerprint density at radius 1 is 1.38 bits per heavy atom. The van der Waals surface area contributed by atoms with E-state index in [9.17, 15) is 4.79 Å². The summed E-state index contributed by atoms with van der Waals surface area (Å²) in [6.07, 6.45) is 8.07. The predicted molar refractivity (Wildman–Crippen MR) is 65.2 cm³/mol. The Bertz CT molecular complexity index is 238. The molecule has 0 aromatic rings. The Labute approximate surface area is 98.4 Å². The van der Waals surface area contributed by atoms with Crippen LogP contribution in [0.25, 0.3) is 0 Å². The van der Waals surface area contributed by atoms with Gasteiger partial charge in [0.15, 0.2) is 0 Å². The molecule has 0 radical (unpaired) electrons. The molecule has 1 aliphatic heterocycles. The van der Waals surface area contributed by atoms with Gasteiger partial charge < -0.3 is 10.6 Å². The fourth-order valence-corrected chi connectivity index (χ4v) is 2.68. The largest absolute Gasteiger partial charge is 0.353 e. The maximum Gasteiger partial charge on any atom is 0.220 e. The van der Waals surface area contributed by atoms with Crippen LogP contribution in [0.4, 0.5) is 0 Å². The number of carbonyl (C=O) groups is 1. The van der Waals surface area contributed by atoms with E-state index in [0.717, 1.165) is 38.1 Å². The lowest BCUT2D eigenvalue weighted by Crippen LogP contribution is -2.46. The Kier molecular flexibility index (Phi) is 4.22. The molecule has 2 aliphatic rings. The summed E-state index contributed by atoms with van der Waals surface area (Å²) in [7, 11) is 0. The first-order valence-corrected chi connectivity index (χ1v) is 6.77. The van der Waals surface area contributed by atoms with Crippen LogP contribution >= 0.6 is 0 Å². The summed E-state index contributed by atoms with van der Waals surface area (Å²) in [5.74, 6) is 1.11. The van der Waals surface area contributed by atoms with E-state index in [1.807, 2.05) is 0 Å². The number of hydrogen-bond acceptors (Lipinski definition) is 2. The van der Waals surface area contributed by atoms with Gasteiger partial charge in [-0.15, -0.1) is 0 Å². The highest BCUT2D eigenvalue weighted by Gasteiger charge is 2.21. The summed E-state index contributed by atoms with van der Waals surface area (Å²) in [6, 6.07) is 0.954. The van der Waals surface area contributed by atoms with Crippen molar-refractivity contribution in [3.8, 4) is 0 Å². The van der Waals surface area contributed by atoms with Gasteiger partial charge in [-0.05, 0) is 38.6 Å². The second-order valence-corrected chi connectivity index (χ2v) is 5.48. The summed E-state index contributed by atoms with van der Waals surface area (Å²) >= 11 is 0. The first-order chi connectivity index (χ1) is 7.74. The van der Waals surface area contributed by atoms with E-state index in [4.69, 9.17) is 0 Å². The molecule has 16 heavy (non-hydrogen) atoms. The van der Waals surface area contributed by atoms with Gasteiger partial charge in [-0.2, -0.15) is 0 Å². The van der Waals surface area contributed by atoms with E-state index in [1.54, 1.807) is 0 Å². The highest BCUT2D eigenvalue weighted by Crippen LogP contribution is 2.30. The van der Waals surface area contributed by atoms with Crippen molar-refractivity contribution in [2.45, 2.75) is 64.0 Å². The van der Waals surface area contributed by atoms with Crippen LogP contribution in [0.3, 0.4) is 0 Å². The second-order valence-electron chi connectivity index (χ2n) is 5.48. The quantitative estimate of drug-likeness (QED) is 0.765. The van der Waals surface area contributed by atoms with Crippen LogP contribution < -0.4 is 10.6 Å². The lowest BCUT2D eigenvalue weighted by molar-refractivity contribution is -0.122. The van der Waals surface area contributed by atoms with E-state index < -0.39 is 0 Å². The normalized spacial score (nSPS) is 30.8. The smallest absolute Gasteiger partial charge is 0.220 e. The minimum Gasteiger partial charge on any atom is -0.353 e. The average molecular weight is 224 g/mol. The number of piperidine rings is 1. The predicted octanol–water partition coefficient (Wildman–Crippen LogP) is 1.82. The van der Waals surface area contributed by atoms with Gasteiger partial charge in [0.05, 0.1) is 0 Å². The minimum atomic E-state index is 0.269. The van der Waals surface area contributed by atoms with Crippen molar-refractivity contribution < 1.29 is 4.79 Å². The monoisotopic (exact) mass is 224 g/mol. The van der Waals surface area contributed by atoms with Crippen molar-refractivity contribution in [1.29, 1.82) is 0 Å². The molecule has 92 valence electrons. The highest BCUT2D eigenvalue weighted by atomic mass is 16.1. The summed E-state index contributed by atoms with van der Waals surface area (Å²) in [4.78, 5) is 11.7. The Morgan fingerprint density at radius 2 is 2.19 bits per heavy atom. The summed E-state index contributed by atoms with van der Waals surface area (Å²) in [6.45, 7) is 3.22. The number of rotatable bonds is 4. The van der Waals surface area contributed by atoms with E-state index >= 15 is 0 Å². The van der Waals surface area contributed by atoms with Gasteiger partial charge in [-0.1, -0.05) is 19.3 Å². The van der Waals surface area contributed by atoms with E-state index in [0.29, 0.717) is 12.1 Å². The third-order valence-corrected chi connectivity index (χ3v) is 3.99. The highest BCUT2D eigenvalue weighted by molar-refractivity contribution is 5.76. The number of amides is 1. The molecule has 3 heteroatoms. The zero-order chi connectivity index (χ0) is 11.4. The summed E-state index contributed by atoms with van der Waals surface area (Å²) in [5.41, 5.74) is 0. The molecule has 2 N–H and O–H groups in total. The molecule has 1 saturated carbocycles. The van der Waals surface area contributed by atoms with Gasteiger partial charge in [0.25, 0.3) is 0 Å². The number of nitrogens with one attached hydrogen (secondary N) is 2. The second kappa shape index (κ2) is 5.67. The number of carbonyl (C=O) groups excluding carboxylic acids is 1. The summed E-state index contributed by atoms with van der Waals surface area (Å²) in [5, 5.41) is 6.58. The lowest BCUT2D eigenvalue weighted by Gasteiger charge is -2.29. The van der Waals surface area contributed by atoms with Crippen molar-refractivity contribution in [1.82, 2.24) is 10.6 Å². The van der Waals surface area contributed by atoms with Crippen molar-refractivity contribution in [3.63, 3.8) is 0 Å². The fourth-order valence-electron chi connectivity index (χ4n) is 2.68. The molecule has 2 fully saturated rings. The molecule has 3 nitrogen and oxygen atoms in total. The van der Waals surface area contributed by atoms with Gasteiger partial charge in [0.1, 0.15) is 0 Å². The zero-order valence-electron chi connectivity index (χ0n) is 10.3. The molecule has 0 aromatic carbocycles. The molecule has 0 bridgehead atoms. The molecular formula is C13H24N2O. The van der Waals surface area contributed by atoms with Gasteiger partial charge in [-0.3, -0.25) is 4.79 Å². The van der Waals surface area contributed by atoms with Gasteiger partial charge in [0.2, 0.25) is 5.91 Å². The van der Waals surface area contributed by atoms with E-state index in [1.165, 1.54) is 19.3 Å². The van der Waals surface area contributed by atoms with Crippen molar-refractivity contribution in [2.24, 2.45) is 5.92 Å². The first kappa shape index (κ1) is 11.9.